The molecule has 2 aromatic rings. The van der Waals surface area contributed by atoms with Crippen LogP contribution in [-0.2, 0) is 20.2 Å². The molecule has 0 radical (unpaired) electrons. The number of amides is 1. The minimum absolute atomic E-state index is 0.0568. The first-order valence-corrected chi connectivity index (χ1v) is 11.6. The fraction of sp³-hybridized carbons (Fsp3) is 0.435. The van der Waals surface area contributed by atoms with Gasteiger partial charge in [-0.15, -0.1) is 0 Å². The number of nitrogens with one attached hydrogen (secondary N) is 1. The second kappa shape index (κ2) is 8.86. The molecule has 7 heteroatoms. The number of carbonyl (C=O) groups excluding carboxylic acids is 1. The highest BCUT2D eigenvalue weighted by Gasteiger charge is 2.34. The molecule has 1 amide bonds. The van der Waals surface area contributed by atoms with Crippen molar-refractivity contribution < 1.29 is 17.6 Å². The lowest BCUT2D eigenvalue weighted by Crippen LogP contribution is -2.45. The van der Waals surface area contributed by atoms with Crippen molar-refractivity contribution in [1.29, 1.82) is 0 Å². The van der Waals surface area contributed by atoms with Crippen molar-refractivity contribution >= 4 is 15.9 Å². The topological polar surface area (TPSA) is 66.5 Å². The monoisotopic (exact) mass is 432 g/mol. The van der Waals surface area contributed by atoms with Gasteiger partial charge in [0, 0.05) is 31.0 Å². The molecule has 0 spiro atoms. The van der Waals surface area contributed by atoms with E-state index in [1.54, 1.807) is 0 Å². The Morgan fingerprint density at radius 3 is 2.43 bits per heavy atom. The lowest BCUT2D eigenvalue weighted by Gasteiger charge is -2.32. The van der Waals surface area contributed by atoms with Gasteiger partial charge in [0.2, 0.25) is 15.9 Å². The summed E-state index contributed by atoms with van der Waals surface area (Å²) in [6.07, 6.45) is 0.842. The maximum Gasteiger partial charge on any atom is 0.245 e. The highest BCUT2D eigenvalue weighted by atomic mass is 32.2. The molecule has 3 rings (SSSR count). The van der Waals surface area contributed by atoms with Gasteiger partial charge in [0.1, 0.15) is 10.7 Å². The number of hydrogen-bond donors (Lipinski definition) is 1. The van der Waals surface area contributed by atoms with Gasteiger partial charge in [-0.3, -0.25) is 4.79 Å². The maximum atomic E-state index is 14.0. The third-order valence-electron chi connectivity index (χ3n) is 5.78. The number of carbonyl (C=O) groups is 1. The van der Waals surface area contributed by atoms with Crippen molar-refractivity contribution in [3.05, 3.63) is 65.5 Å². The van der Waals surface area contributed by atoms with Crippen LogP contribution in [0.5, 0.6) is 0 Å². The largest absolute Gasteiger partial charge is 0.355 e. The normalized spacial score (nSPS) is 16.4. The van der Waals surface area contributed by atoms with E-state index in [1.165, 1.54) is 28.1 Å². The molecular formula is C23H29FN2O3S. The van der Waals surface area contributed by atoms with Crippen molar-refractivity contribution in [2.45, 2.75) is 43.9 Å². The summed E-state index contributed by atoms with van der Waals surface area (Å²) in [6, 6.07) is 13.6. The number of benzene rings is 2. The molecule has 0 aromatic heterocycles. The van der Waals surface area contributed by atoms with Crippen LogP contribution >= 0.6 is 0 Å². The van der Waals surface area contributed by atoms with E-state index in [0.29, 0.717) is 19.4 Å². The Morgan fingerprint density at radius 1 is 1.13 bits per heavy atom. The molecule has 1 fully saturated rings. The van der Waals surface area contributed by atoms with Crippen LogP contribution in [0, 0.1) is 18.7 Å². The van der Waals surface area contributed by atoms with Gasteiger partial charge in [0.05, 0.1) is 0 Å². The zero-order valence-electron chi connectivity index (χ0n) is 17.7. The molecule has 1 heterocycles. The minimum atomic E-state index is -3.89. The fourth-order valence-electron chi connectivity index (χ4n) is 3.77. The molecule has 0 aliphatic carbocycles. The molecule has 2 aromatic carbocycles. The highest BCUT2D eigenvalue weighted by Crippen LogP contribution is 2.26. The van der Waals surface area contributed by atoms with Gasteiger partial charge >= 0.3 is 0 Å². The molecular weight excluding hydrogens is 403 g/mol. The van der Waals surface area contributed by atoms with Crippen LogP contribution < -0.4 is 5.32 Å². The summed E-state index contributed by atoms with van der Waals surface area (Å²) in [5, 5.41) is 3.04. The van der Waals surface area contributed by atoms with Gasteiger partial charge < -0.3 is 5.32 Å². The predicted molar refractivity (Wildman–Crippen MR) is 115 cm³/mol. The number of aryl methyl sites for hydroxylation is 1. The fourth-order valence-corrected chi connectivity index (χ4v) is 5.31. The first-order chi connectivity index (χ1) is 14.1. The molecule has 0 unspecified atom stereocenters. The van der Waals surface area contributed by atoms with Crippen LogP contribution in [0.2, 0.25) is 0 Å². The van der Waals surface area contributed by atoms with Crippen molar-refractivity contribution in [1.82, 2.24) is 9.62 Å². The molecule has 0 atom stereocenters. The second-order valence-corrected chi connectivity index (χ2v) is 10.5. The van der Waals surface area contributed by atoms with Crippen molar-refractivity contribution in [3.8, 4) is 0 Å². The van der Waals surface area contributed by atoms with Crippen LogP contribution in [0.4, 0.5) is 4.39 Å². The number of hydrogen-bond acceptors (Lipinski definition) is 3. The standard InChI is InChI=1S/C23H29FN2O3S/c1-17-7-6-8-19(15-17)23(2,3)16-25-22(27)18-11-13-26(14-12-18)30(28,29)21-10-5-4-9-20(21)24/h4-10,15,18H,11-14,16H2,1-3H3,(H,25,27). The number of nitrogens with zero attached hydrogens (tertiary/aromatic N) is 1. The van der Waals surface area contributed by atoms with Crippen LogP contribution in [0.1, 0.15) is 37.8 Å². The second-order valence-electron chi connectivity index (χ2n) is 8.58. The molecule has 1 aliphatic rings. The summed E-state index contributed by atoms with van der Waals surface area (Å²) >= 11 is 0. The van der Waals surface area contributed by atoms with Crippen molar-refractivity contribution in [3.63, 3.8) is 0 Å². The van der Waals surface area contributed by atoms with E-state index >= 15 is 0 Å². The molecule has 1 N–H and O–H groups in total. The minimum Gasteiger partial charge on any atom is -0.355 e. The van der Waals surface area contributed by atoms with Gasteiger partial charge in [-0.25, -0.2) is 12.8 Å². The van der Waals surface area contributed by atoms with E-state index in [2.05, 4.69) is 31.3 Å². The number of piperidine rings is 1. The summed E-state index contributed by atoms with van der Waals surface area (Å²) in [7, 11) is -3.89. The first kappa shape index (κ1) is 22.4. The van der Waals surface area contributed by atoms with E-state index in [-0.39, 0.29) is 35.2 Å². The number of rotatable bonds is 6. The van der Waals surface area contributed by atoms with Crippen LogP contribution in [0.25, 0.3) is 0 Å². The Morgan fingerprint density at radius 2 is 1.80 bits per heavy atom. The van der Waals surface area contributed by atoms with Gasteiger partial charge in [-0.1, -0.05) is 55.8 Å². The lowest BCUT2D eigenvalue weighted by molar-refractivity contribution is -0.126. The Hall–Kier alpha value is -2.25. The smallest absolute Gasteiger partial charge is 0.245 e. The summed E-state index contributed by atoms with van der Waals surface area (Å²) in [6.45, 7) is 7.13. The van der Waals surface area contributed by atoms with Gasteiger partial charge in [0.25, 0.3) is 0 Å². The lowest BCUT2D eigenvalue weighted by atomic mass is 9.83. The van der Waals surface area contributed by atoms with E-state index in [0.717, 1.165) is 11.6 Å². The SMILES string of the molecule is Cc1cccc(C(C)(C)CNC(=O)C2CCN(S(=O)(=O)c3ccccc3F)CC2)c1. The molecule has 1 saturated heterocycles. The van der Waals surface area contributed by atoms with Gasteiger partial charge in [-0.2, -0.15) is 4.31 Å². The van der Waals surface area contributed by atoms with E-state index in [4.69, 9.17) is 0 Å². The van der Waals surface area contributed by atoms with Crippen LogP contribution in [0.3, 0.4) is 0 Å². The van der Waals surface area contributed by atoms with Crippen LogP contribution in [0.15, 0.2) is 53.4 Å². The third kappa shape index (κ3) is 4.90. The Bertz CT molecular complexity index is 1010. The average molecular weight is 433 g/mol. The van der Waals surface area contributed by atoms with E-state index in [9.17, 15) is 17.6 Å². The zero-order valence-corrected chi connectivity index (χ0v) is 18.5. The molecule has 0 bridgehead atoms. The molecule has 5 nitrogen and oxygen atoms in total. The summed E-state index contributed by atoms with van der Waals surface area (Å²) in [4.78, 5) is 12.4. The van der Waals surface area contributed by atoms with Gasteiger partial charge in [-0.05, 0) is 37.5 Å². The molecule has 1 aliphatic heterocycles. The van der Waals surface area contributed by atoms with Gasteiger partial charge in [0.15, 0.2) is 0 Å². The molecule has 162 valence electrons. The van der Waals surface area contributed by atoms with Crippen LogP contribution in [-0.4, -0.2) is 38.3 Å². The number of halogens is 1. The summed E-state index contributed by atoms with van der Waals surface area (Å²) in [5.41, 5.74) is 2.13. The van der Waals surface area contributed by atoms with Crippen molar-refractivity contribution in [2.24, 2.45) is 5.92 Å². The molecule has 30 heavy (non-hydrogen) atoms. The van der Waals surface area contributed by atoms with Crippen molar-refractivity contribution in [2.75, 3.05) is 19.6 Å². The summed E-state index contributed by atoms with van der Waals surface area (Å²) in [5.74, 6) is -1.06. The Labute approximate surface area is 178 Å². The predicted octanol–water partition coefficient (Wildman–Crippen LogP) is 3.63. The number of sulfonamides is 1. The highest BCUT2D eigenvalue weighted by molar-refractivity contribution is 7.89. The first-order valence-electron chi connectivity index (χ1n) is 10.2. The summed E-state index contributed by atoms with van der Waals surface area (Å²) < 4.78 is 40.6. The average Bonchev–Trinajstić information content (AvgIpc) is 2.72. The van der Waals surface area contributed by atoms with E-state index < -0.39 is 15.8 Å². The molecule has 0 saturated carbocycles. The Balaban J connectivity index is 1.57. The third-order valence-corrected chi connectivity index (χ3v) is 7.72. The maximum absolute atomic E-state index is 14.0. The van der Waals surface area contributed by atoms with E-state index in [1.807, 2.05) is 19.1 Å². The Kier molecular flexibility index (Phi) is 6.62. The quantitative estimate of drug-likeness (QED) is 0.758. The zero-order chi connectivity index (χ0) is 21.9.